The van der Waals surface area contributed by atoms with Crippen LogP contribution in [-0.4, -0.2) is 18.1 Å². The van der Waals surface area contributed by atoms with E-state index in [9.17, 15) is 0 Å². The summed E-state index contributed by atoms with van der Waals surface area (Å²) < 4.78 is 0. The van der Waals surface area contributed by atoms with Crippen molar-refractivity contribution in [1.29, 1.82) is 0 Å². The Morgan fingerprint density at radius 3 is 2.70 bits per heavy atom. The Labute approximate surface area is 63.4 Å². The Kier molecular flexibility index (Phi) is 2.32. The first kappa shape index (κ1) is 8.02. The molecular weight excluding hydrogens is 124 g/mol. The molecule has 1 aliphatic rings. The molecule has 10 heavy (non-hydrogen) atoms. The van der Waals surface area contributed by atoms with Gasteiger partial charge >= 0.3 is 0 Å². The molecular formula is C8H18N2. The van der Waals surface area contributed by atoms with Gasteiger partial charge in [-0.3, -0.25) is 5.84 Å². The smallest absolute Gasteiger partial charge is 0.0183 e. The van der Waals surface area contributed by atoms with Crippen LogP contribution >= 0.6 is 0 Å². The van der Waals surface area contributed by atoms with Crippen LogP contribution < -0.4 is 5.84 Å². The summed E-state index contributed by atoms with van der Waals surface area (Å²) in [6.07, 6.45) is 3.88. The molecule has 0 aromatic carbocycles. The molecule has 1 saturated heterocycles. The predicted molar refractivity (Wildman–Crippen MR) is 43.4 cm³/mol. The molecule has 0 saturated carbocycles. The van der Waals surface area contributed by atoms with Gasteiger partial charge in [-0.05, 0) is 18.3 Å². The van der Waals surface area contributed by atoms with Crippen molar-refractivity contribution in [2.45, 2.75) is 33.1 Å². The van der Waals surface area contributed by atoms with Crippen LogP contribution in [0.3, 0.4) is 0 Å². The standard InChI is InChI=1S/C8H18N2/c1-3-4-8(2)5-6-10(9)7-8/h3-7,9H2,1-2H3. The van der Waals surface area contributed by atoms with Gasteiger partial charge in [-0.1, -0.05) is 20.3 Å². The second-order valence-corrected chi connectivity index (χ2v) is 3.78. The first-order chi connectivity index (χ1) is 4.66. The Morgan fingerprint density at radius 1 is 1.60 bits per heavy atom. The van der Waals surface area contributed by atoms with E-state index in [1.165, 1.54) is 19.3 Å². The second kappa shape index (κ2) is 2.89. The van der Waals surface area contributed by atoms with E-state index in [4.69, 9.17) is 5.84 Å². The van der Waals surface area contributed by atoms with E-state index >= 15 is 0 Å². The predicted octanol–water partition coefficient (Wildman–Crippen LogP) is 1.37. The Morgan fingerprint density at radius 2 is 2.30 bits per heavy atom. The van der Waals surface area contributed by atoms with Crippen LogP contribution in [0.5, 0.6) is 0 Å². The first-order valence-electron chi connectivity index (χ1n) is 4.16. The molecule has 0 amide bonds. The number of hydrazine groups is 1. The van der Waals surface area contributed by atoms with Crippen molar-refractivity contribution in [3.05, 3.63) is 0 Å². The van der Waals surface area contributed by atoms with E-state index < -0.39 is 0 Å². The van der Waals surface area contributed by atoms with Crippen molar-refractivity contribution in [1.82, 2.24) is 5.01 Å². The highest BCUT2D eigenvalue weighted by Crippen LogP contribution is 2.32. The van der Waals surface area contributed by atoms with Crippen molar-refractivity contribution in [2.24, 2.45) is 11.3 Å². The fourth-order valence-electron chi connectivity index (χ4n) is 1.87. The highest BCUT2D eigenvalue weighted by molar-refractivity contribution is 4.83. The fourth-order valence-corrected chi connectivity index (χ4v) is 1.87. The zero-order valence-electron chi connectivity index (χ0n) is 7.06. The molecule has 0 aromatic heterocycles. The molecule has 0 radical (unpaired) electrons. The van der Waals surface area contributed by atoms with E-state index in [0.29, 0.717) is 5.41 Å². The second-order valence-electron chi connectivity index (χ2n) is 3.78. The maximum Gasteiger partial charge on any atom is 0.0183 e. The highest BCUT2D eigenvalue weighted by Gasteiger charge is 2.30. The lowest BCUT2D eigenvalue weighted by Gasteiger charge is -2.22. The third kappa shape index (κ3) is 1.70. The molecule has 0 aliphatic carbocycles. The molecule has 0 aromatic rings. The van der Waals surface area contributed by atoms with Gasteiger partial charge in [-0.25, -0.2) is 5.01 Å². The lowest BCUT2D eigenvalue weighted by Crippen LogP contribution is -2.30. The van der Waals surface area contributed by atoms with E-state index in [-0.39, 0.29) is 0 Å². The minimum Gasteiger partial charge on any atom is -0.269 e. The summed E-state index contributed by atoms with van der Waals surface area (Å²) in [4.78, 5) is 0. The lowest BCUT2D eigenvalue weighted by atomic mass is 9.85. The van der Waals surface area contributed by atoms with Gasteiger partial charge in [0.15, 0.2) is 0 Å². The van der Waals surface area contributed by atoms with Crippen LogP contribution in [-0.2, 0) is 0 Å². The molecule has 1 unspecified atom stereocenters. The third-order valence-electron chi connectivity index (χ3n) is 2.44. The molecule has 1 atom stereocenters. The van der Waals surface area contributed by atoms with Crippen molar-refractivity contribution in [3.63, 3.8) is 0 Å². The normalized spacial score (nSPS) is 35.1. The lowest BCUT2D eigenvalue weighted by molar-refractivity contribution is 0.265. The fraction of sp³-hybridized carbons (Fsp3) is 1.00. The molecule has 1 fully saturated rings. The number of nitrogens with zero attached hydrogens (tertiary/aromatic N) is 1. The minimum absolute atomic E-state index is 0.517. The molecule has 60 valence electrons. The molecule has 1 heterocycles. The number of nitrogens with two attached hydrogens (primary N) is 1. The van der Waals surface area contributed by atoms with Crippen LogP contribution in [0.15, 0.2) is 0 Å². The van der Waals surface area contributed by atoms with Crippen LogP contribution in [0.25, 0.3) is 0 Å². The van der Waals surface area contributed by atoms with Crippen LogP contribution in [0.2, 0.25) is 0 Å². The maximum atomic E-state index is 5.67. The number of hydrogen-bond donors (Lipinski definition) is 1. The molecule has 2 nitrogen and oxygen atoms in total. The summed E-state index contributed by atoms with van der Waals surface area (Å²) in [6.45, 7) is 6.74. The van der Waals surface area contributed by atoms with E-state index in [0.717, 1.165) is 13.1 Å². The van der Waals surface area contributed by atoms with Gasteiger partial charge in [-0.15, -0.1) is 0 Å². The van der Waals surface area contributed by atoms with Gasteiger partial charge in [0.1, 0.15) is 0 Å². The van der Waals surface area contributed by atoms with Gasteiger partial charge in [0, 0.05) is 13.1 Å². The Bertz CT molecular complexity index is 110. The molecule has 0 spiro atoms. The zero-order chi connectivity index (χ0) is 7.61. The summed E-state index contributed by atoms with van der Waals surface area (Å²) >= 11 is 0. The molecule has 1 rings (SSSR count). The number of hydrogen-bond acceptors (Lipinski definition) is 2. The van der Waals surface area contributed by atoms with E-state index in [1.54, 1.807) is 0 Å². The third-order valence-corrected chi connectivity index (χ3v) is 2.44. The largest absolute Gasteiger partial charge is 0.269 e. The summed E-state index contributed by atoms with van der Waals surface area (Å²) in [5.41, 5.74) is 0.517. The quantitative estimate of drug-likeness (QED) is 0.590. The van der Waals surface area contributed by atoms with Crippen LogP contribution in [0, 0.1) is 5.41 Å². The number of rotatable bonds is 2. The summed E-state index contributed by atoms with van der Waals surface area (Å²) in [7, 11) is 0. The van der Waals surface area contributed by atoms with Crippen LogP contribution in [0.1, 0.15) is 33.1 Å². The molecule has 2 heteroatoms. The van der Waals surface area contributed by atoms with Gasteiger partial charge in [0.05, 0.1) is 0 Å². The van der Waals surface area contributed by atoms with E-state index in [1.807, 2.05) is 5.01 Å². The van der Waals surface area contributed by atoms with E-state index in [2.05, 4.69) is 13.8 Å². The van der Waals surface area contributed by atoms with Crippen molar-refractivity contribution in [2.75, 3.05) is 13.1 Å². The highest BCUT2D eigenvalue weighted by atomic mass is 15.4. The Balaban J connectivity index is 2.38. The van der Waals surface area contributed by atoms with Gasteiger partial charge in [0.25, 0.3) is 0 Å². The Hall–Kier alpha value is -0.0800. The average Bonchev–Trinajstić information content (AvgIpc) is 2.12. The first-order valence-corrected chi connectivity index (χ1v) is 4.16. The van der Waals surface area contributed by atoms with Crippen LogP contribution in [0.4, 0.5) is 0 Å². The minimum atomic E-state index is 0.517. The summed E-state index contributed by atoms with van der Waals surface area (Å²) in [5, 5.41) is 1.94. The average molecular weight is 142 g/mol. The van der Waals surface area contributed by atoms with Gasteiger partial charge < -0.3 is 0 Å². The molecule has 2 N–H and O–H groups in total. The molecule has 1 aliphatic heterocycles. The maximum absolute atomic E-state index is 5.67. The zero-order valence-corrected chi connectivity index (χ0v) is 7.06. The van der Waals surface area contributed by atoms with Crippen molar-refractivity contribution < 1.29 is 0 Å². The monoisotopic (exact) mass is 142 g/mol. The SMILES string of the molecule is CCCC1(C)CCN(N)C1. The summed E-state index contributed by atoms with van der Waals surface area (Å²) in [5.74, 6) is 5.67. The van der Waals surface area contributed by atoms with Crippen molar-refractivity contribution >= 4 is 0 Å². The van der Waals surface area contributed by atoms with Crippen molar-refractivity contribution in [3.8, 4) is 0 Å². The topological polar surface area (TPSA) is 29.3 Å². The summed E-state index contributed by atoms with van der Waals surface area (Å²) in [6, 6.07) is 0. The van der Waals surface area contributed by atoms with Gasteiger partial charge in [-0.2, -0.15) is 0 Å². The molecule has 0 bridgehead atoms. The van der Waals surface area contributed by atoms with Gasteiger partial charge in [0.2, 0.25) is 0 Å².